The standard InChI is InChI=1S/C13H25N3O/c1-13(2)4-3-7-16(11-13)12(17)10-15-8-5-14-6-9-15/h14H,3-11H2,1-2H3. The van der Waals surface area contributed by atoms with Crippen LogP contribution < -0.4 is 5.32 Å². The average molecular weight is 239 g/mol. The molecular formula is C13H25N3O. The Bertz CT molecular complexity index is 272. The molecule has 0 spiro atoms. The maximum Gasteiger partial charge on any atom is 0.236 e. The van der Waals surface area contributed by atoms with Gasteiger partial charge in [0.1, 0.15) is 0 Å². The Balaban J connectivity index is 1.82. The number of amides is 1. The first-order valence-electron chi connectivity index (χ1n) is 6.78. The van der Waals surface area contributed by atoms with E-state index in [1.54, 1.807) is 0 Å². The fraction of sp³-hybridized carbons (Fsp3) is 0.923. The van der Waals surface area contributed by atoms with E-state index in [1.165, 1.54) is 6.42 Å². The van der Waals surface area contributed by atoms with Crippen LogP contribution in [-0.2, 0) is 4.79 Å². The smallest absolute Gasteiger partial charge is 0.236 e. The number of hydrogen-bond donors (Lipinski definition) is 1. The molecule has 2 aliphatic heterocycles. The van der Waals surface area contributed by atoms with Gasteiger partial charge >= 0.3 is 0 Å². The highest BCUT2D eigenvalue weighted by Crippen LogP contribution is 2.28. The first-order chi connectivity index (χ1) is 8.07. The molecule has 4 heteroatoms. The number of nitrogens with zero attached hydrogens (tertiary/aromatic N) is 2. The van der Waals surface area contributed by atoms with E-state index in [-0.39, 0.29) is 0 Å². The second-order valence-electron chi connectivity index (χ2n) is 6.11. The monoisotopic (exact) mass is 239 g/mol. The molecule has 0 radical (unpaired) electrons. The minimum atomic E-state index is 0.303. The lowest BCUT2D eigenvalue weighted by molar-refractivity contribution is -0.135. The SMILES string of the molecule is CC1(C)CCCN(C(=O)CN2CCNCC2)C1. The van der Waals surface area contributed by atoms with E-state index >= 15 is 0 Å². The number of rotatable bonds is 2. The summed E-state index contributed by atoms with van der Waals surface area (Å²) in [6, 6.07) is 0. The van der Waals surface area contributed by atoms with Crippen molar-refractivity contribution in [2.45, 2.75) is 26.7 Å². The molecule has 0 unspecified atom stereocenters. The van der Waals surface area contributed by atoms with Crippen molar-refractivity contribution in [2.24, 2.45) is 5.41 Å². The van der Waals surface area contributed by atoms with E-state index in [1.807, 2.05) is 0 Å². The highest BCUT2D eigenvalue weighted by atomic mass is 16.2. The van der Waals surface area contributed by atoms with Gasteiger partial charge in [-0.05, 0) is 18.3 Å². The third-order valence-corrected chi connectivity index (χ3v) is 3.82. The van der Waals surface area contributed by atoms with Crippen LogP contribution in [0.5, 0.6) is 0 Å². The molecule has 0 aromatic heterocycles. The normalized spacial score (nSPS) is 25.9. The lowest BCUT2D eigenvalue weighted by Crippen LogP contribution is -2.51. The maximum atomic E-state index is 12.2. The van der Waals surface area contributed by atoms with Gasteiger partial charge in [-0.15, -0.1) is 0 Å². The number of piperidine rings is 1. The molecule has 2 fully saturated rings. The van der Waals surface area contributed by atoms with Crippen LogP contribution in [0.25, 0.3) is 0 Å². The van der Waals surface area contributed by atoms with Crippen molar-refractivity contribution < 1.29 is 4.79 Å². The Morgan fingerprint density at radius 3 is 2.59 bits per heavy atom. The van der Waals surface area contributed by atoms with E-state index < -0.39 is 0 Å². The molecule has 4 nitrogen and oxygen atoms in total. The summed E-state index contributed by atoms with van der Waals surface area (Å²) >= 11 is 0. The predicted octanol–water partition coefficient (Wildman–Crippen LogP) is 0.540. The largest absolute Gasteiger partial charge is 0.341 e. The van der Waals surface area contributed by atoms with Gasteiger partial charge < -0.3 is 10.2 Å². The van der Waals surface area contributed by atoms with Gasteiger partial charge in [-0.1, -0.05) is 13.8 Å². The zero-order chi connectivity index (χ0) is 12.3. The Labute approximate surface area is 104 Å². The Morgan fingerprint density at radius 2 is 1.94 bits per heavy atom. The highest BCUT2D eigenvalue weighted by Gasteiger charge is 2.29. The molecule has 0 atom stereocenters. The summed E-state index contributed by atoms with van der Waals surface area (Å²) in [5.41, 5.74) is 0.303. The van der Waals surface area contributed by atoms with Crippen LogP contribution in [0.15, 0.2) is 0 Å². The van der Waals surface area contributed by atoms with Gasteiger partial charge in [-0.25, -0.2) is 0 Å². The lowest BCUT2D eigenvalue weighted by atomic mass is 9.84. The number of piperazine rings is 1. The quantitative estimate of drug-likeness (QED) is 0.764. The van der Waals surface area contributed by atoms with Crippen molar-refractivity contribution in [3.8, 4) is 0 Å². The third-order valence-electron chi connectivity index (χ3n) is 3.82. The molecule has 98 valence electrons. The molecule has 0 aliphatic carbocycles. The van der Waals surface area contributed by atoms with Gasteiger partial charge in [0.05, 0.1) is 6.54 Å². The van der Waals surface area contributed by atoms with Gasteiger partial charge in [-0.2, -0.15) is 0 Å². The molecule has 0 aromatic rings. The molecule has 0 bridgehead atoms. The van der Waals surface area contributed by atoms with E-state index in [0.717, 1.165) is 45.7 Å². The zero-order valence-corrected chi connectivity index (χ0v) is 11.2. The van der Waals surface area contributed by atoms with Crippen molar-refractivity contribution in [3.63, 3.8) is 0 Å². The summed E-state index contributed by atoms with van der Waals surface area (Å²) in [7, 11) is 0. The zero-order valence-electron chi connectivity index (χ0n) is 11.2. The maximum absolute atomic E-state index is 12.2. The van der Waals surface area contributed by atoms with Crippen LogP contribution in [0.2, 0.25) is 0 Å². The number of nitrogens with one attached hydrogen (secondary N) is 1. The van der Waals surface area contributed by atoms with Gasteiger partial charge in [0.15, 0.2) is 0 Å². The summed E-state index contributed by atoms with van der Waals surface area (Å²) < 4.78 is 0. The van der Waals surface area contributed by atoms with E-state index in [9.17, 15) is 4.79 Å². The first-order valence-corrected chi connectivity index (χ1v) is 6.78. The number of carbonyl (C=O) groups excluding carboxylic acids is 1. The average Bonchev–Trinajstić information content (AvgIpc) is 2.29. The molecule has 2 saturated heterocycles. The van der Waals surface area contributed by atoms with Crippen LogP contribution in [-0.4, -0.2) is 61.5 Å². The Kier molecular flexibility index (Phi) is 4.05. The van der Waals surface area contributed by atoms with Crippen LogP contribution in [0.4, 0.5) is 0 Å². The lowest BCUT2D eigenvalue weighted by Gasteiger charge is -2.39. The Morgan fingerprint density at radius 1 is 1.24 bits per heavy atom. The van der Waals surface area contributed by atoms with E-state index in [2.05, 4.69) is 29.0 Å². The second-order valence-corrected chi connectivity index (χ2v) is 6.11. The number of hydrogen-bond acceptors (Lipinski definition) is 3. The van der Waals surface area contributed by atoms with Crippen molar-refractivity contribution >= 4 is 5.91 Å². The fourth-order valence-electron chi connectivity index (χ4n) is 2.80. The summed E-state index contributed by atoms with van der Waals surface area (Å²) in [4.78, 5) is 16.5. The highest BCUT2D eigenvalue weighted by molar-refractivity contribution is 5.78. The number of carbonyl (C=O) groups is 1. The molecule has 1 amide bonds. The predicted molar refractivity (Wildman–Crippen MR) is 68.9 cm³/mol. The molecule has 0 aromatic carbocycles. The third kappa shape index (κ3) is 3.68. The molecule has 17 heavy (non-hydrogen) atoms. The van der Waals surface area contributed by atoms with Gasteiger partial charge in [0.2, 0.25) is 5.91 Å². The molecule has 2 aliphatic rings. The summed E-state index contributed by atoms with van der Waals surface area (Å²) in [6.45, 7) is 11.0. The molecule has 1 N–H and O–H groups in total. The molecule has 2 heterocycles. The van der Waals surface area contributed by atoms with Gasteiger partial charge in [-0.3, -0.25) is 9.69 Å². The van der Waals surface area contributed by atoms with Crippen molar-refractivity contribution in [1.82, 2.24) is 15.1 Å². The summed E-state index contributed by atoms with van der Waals surface area (Å²) in [5, 5.41) is 3.31. The minimum absolute atomic E-state index is 0.303. The van der Waals surface area contributed by atoms with Crippen molar-refractivity contribution in [1.29, 1.82) is 0 Å². The topological polar surface area (TPSA) is 35.6 Å². The van der Waals surface area contributed by atoms with Crippen LogP contribution in [0.1, 0.15) is 26.7 Å². The van der Waals surface area contributed by atoms with E-state index in [4.69, 9.17) is 0 Å². The van der Waals surface area contributed by atoms with Crippen LogP contribution in [0, 0.1) is 5.41 Å². The molecule has 2 rings (SSSR count). The first kappa shape index (κ1) is 12.8. The van der Waals surface area contributed by atoms with Crippen molar-refractivity contribution in [3.05, 3.63) is 0 Å². The fourth-order valence-corrected chi connectivity index (χ4v) is 2.80. The van der Waals surface area contributed by atoms with Gasteiger partial charge in [0, 0.05) is 39.3 Å². The van der Waals surface area contributed by atoms with Gasteiger partial charge in [0.25, 0.3) is 0 Å². The summed E-state index contributed by atoms with van der Waals surface area (Å²) in [6.07, 6.45) is 2.39. The minimum Gasteiger partial charge on any atom is -0.341 e. The Hall–Kier alpha value is -0.610. The van der Waals surface area contributed by atoms with Crippen LogP contribution in [0.3, 0.4) is 0 Å². The van der Waals surface area contributed by atoms with Crippen molar-refractivity contribution in [2.75, 3.05) is 45.8 Å². The summed E-state index contributed by atoms with van der Waals surface area (Å²) in [5.74, 6) is 0.319. The number of likely N-dealkylation sites (tertiary alicyclic amines) is 1. The molecular weight excluding hydrogens is 214 g/mol. The second kappa shape index (κ2) is 5.36. The van der Waals surface area contributed by atoms with Crippen LogP contribution >= 0.6 is 0 Å². The van der Waals surface area contributed by atoms with E-state index in [0.29, 0.717) is 17.9 Å². The molecule has 0 saturated carbocycles.